The van der Waals surface area contributed by atoms with Crippen LogP contribution in [0.4, 0.5) is 5.69 Å². The van der Waals surface area contributed by atoms with Gasteiger partial charge in [0.1, 0.15) is 5.75 Å². The highest BCUT2D eigenvalue weighted by Gasteiger charge is 2.18. The highest BCUT2D eigenvalue weighted by Crippen LogP contribution is 2.24. The summed E-state index contributed by atoms with van der Waals surface area (Å²) in [6.07, 6.45) is 0.849. The molecule has 0 aliphatic heterocycles. The summed E-state index contributed by atoms with van der Waals surface area (Å²) < 4.78 is 5.35. The van der Waals surface area contributed by atoms with Crippen LogP contribution in [0, 0.1) is 0 Å². The van der Waals surface area contributed by atoms with E-state index in [1.54, 1.807) is 18.2 Å². The molecule has 0 bridgehead atoms. The van der Waals surface area contributed by atoms with Crippen molar-refractivity contribution in [1.82, 2.24) is 5.32 Å². The zero-order chi connectivity index (χ0) is 13.8. The lowest BCUT2D eigenvalue weighted by atomic mass is 10.0. The number of ether oxygens (including phenoxy) is 1. The van der Waals surface area contributed by atoms with E-state index in [9.17, 15) is 4.79 Å². The molecule has 0 saturated heterocycles. The first kappa shape index (κ1) is 14.6. The molecule has 4 nitrogen and oxygen atoms in total. The second-order valence-electron chi connectivity index (χ2n) is 4.76. The number of anilines is 1. The van der Waals surface area contributed by atoms with E-state index in [-0.39, 0.29) is 18.1 Å². The van der Waals surface area contributed by atoms with Gasteiger partial charge in [0.05, 0.1) is 5.69 Å². The zero-order valence-corrected chi connectivity index (χ0v) is 11.7. The molecule has 0 atom stereocenters. The highest BCUT2D eigenvalue weighted by atomic mass is 35.5. The van der Waals surface area contributed by atoms with E-state index in [2.05, 4.69) is 5.32 Å². The van der Waals surface area contributed by atoms with E-state index in [1.165, 1.54) is 0 Å². The number of hydrogen-bond donors (Lipinski definition) is 2. The van der Waals surface area contributed by atoms with Crippen molar-refractivity contribution in [1.29, 1.82) is 0 Å². The lowest BCUT2D eigenvalue weighted by Crippen LogP contribution is -2.44. The number of amides is 1. The quantitative estimate of drug-likeness (QED) is 0.809. The van der Waals surface area contributed by atoms with Gasteiger partial charge < -0.3 is 15.8 Å². The van der Waals surface area contributed by atoms with Crippen molar-refractivity contribution >= 4 is 23.2 Å². The predicted octanol–water partition coefficient (Wildman–Crippen LogP) is 2.61. The zero-order valence-electron chi connectivity index (χ0n) is 10.9. The Labute approximate surface area is 112 Å². The number of hydrogen-bond acceptors (Lipinski definition) is 3. The second kappa shape index (κ2) is 5.96. The van der Waals surface area contributed by atoms with Crippen LogP contribution in [-0.2, 0) is 4.79 Å². The predicted molar refractivity (Wildman–Crippen MR) is 73.9 cm³/mol. The van der Waals surface area contributed by atoms with Crippen LogP contribution in [0.2, 0.25) is 5.02 Å². The summed E-state index contributed by atoms with van der Waals surface area (Å²) >= 11 is 5.77. The summed E-state index contributed by atoms with van der Waals surface area (Å²) in [5.74, 6) is 0.292. The van der Waals surface area contributed by atoms with Gasteiger partial charge in [0.25, 0.3) is 5.91 Å². The molecule has 0 aliphatic carbocycles. The standard InChI is InChI=1S/C13H19ClN2O2/c1-4-13(2,3)16-12(17)8-18-11-6-5-9(14)7-10(11)15/h5-7H,4,8,15H2,1-3H3,(H,16,17). The van der Waals surface area contributed by atoms with E-state index in [0.717, 1.165) is 6.42 Å². The molecule has 5 heteroatoms. The molecular formula is C13H19ClN2O2. The van der Waals surface area contributed by atoms with Crippen LogP contribution in [0.5, 0.6) is 5.75 Å². The molecule has 0 saturated carbocycles. The first-order valence-corrected chi connectivity index (χ1v) is 6.20. The summed E-state index contributed by atoms with van der Waals surface area (Å²) in [7, 11) is 0. The van der Waals surface area contributed by atoms with Crippen molar-refractivity contribution in [3.8, 4) is 5.75 Å². The van der Waals surface area contributed by atoms with Gasteiger partial charge in [0.15, 0.2) is 6.61 Å². The van der Waals surface area contributed by atoms with Gasteiger partial charge in [0.2, 0.25) is 0 Å². The van der Waals surface area contributed by atoms with Crippen molar-refractivity contribution < 1.29 is 9.53 Å². The first-order valence-electron chi connectivity index (χ1n) is 5.83. The molecule has 100 valence electrons. The lowest BCUT2D eigenvalue weighted by molar-refractivity contribution is -0.124. The maximum Gasteiger partial charge on any atom is 0.258 e. The van der Waals surface area contributed by atoms with E-state index in [1.807, 2.05) is 20.8 Å². The Bertz CT molecular complexity index is 433. The molecule has 18 heavy (non-hydrogen) atoms. The second-order valence-corrected chi connectivity index (χ2v) is 5.19. The third-order valence-corrected chi connectivity index (χ3v) is 2.93. The van der Waals surface area contributed by atoms with Crippen molar-refractivity contribution in [2.24, 2.45) is 0 Å². The summed E-state index contributed by atoms with van der Waals surface area (Å²) in [5.41, 5.74) is 5.91. The number of rotatable bonds is 5. The summed E-state index contributed by atoms with van der Waals surface area (Å²) in [4.78, 5) is 11.7. The largest absolute Gasteiger partial charge is 0.482 e. The van der Waals surface area contributed by atoms with Crippen molar-refractivity contribution in [3.05, 3.63) is 23.2 Å². The Kier molecular flexibility index (Phi) is 4.84. The van der Waals surface area contributed by atoms with Crippen molar-refractivity contribution in [2.45, 2.75) is 32.7 Å². The smallest absolute Gasteiger partial charge is 0.258 e. The topological polar surface area (TPSA) is 64.3 Å². The fourth-order valence-corrected chi connectivity index (χ4v) is 1.48. The fraction of sp³-hybridized carbons (Fsp3) is 0.462. The molecule has 0 aromatic heterocycles. The van der Waals surface area contributed by atoms with E-state index in [4.69, 9.17) is 22.1 Å². The van der Waals surface area contributed by atoms with Gasteiger partial charge in [-0.1, -0.05) is 18.5 Å². The Hall–Kier alpha value is -1.42. The average Bonchev–Trinajstić information content (AvgIpc) is 2.27. The maximum atomic E-state index is 11.7. The molecule has 0 aliphatic rings. The maximum absolute atomic E-state index is 11.7. The van der Waals surface area contributed by atoms with E-state index in [0.29, 0.717) is 16.5 Å². The summed E-state index contributed by atoms with van der Waals surface area (Å²) in [5, 5.41) is 3.41. The number of nitrogen functional groups attached to an aromatic ring is 1. The van der Waals surface area contributed by atoms with Gasteiger partial charge in [-0.3, -0.25) is 4.79 Å². The minimum atomic E-state index is -0.230. The van der Waals surface area contributed by atoms with Gasteiger partial charge in [0, 0.05) is 10.6 Å². The van der Waals surface area contributed by atoms with Crippen LogP contribution in [-0.4, -0.2) is 18.1 Å². The van der Waals surface area contributed by atoms with Gasteiger partial charge in [-0.2, -0.15) is 0 Å². The molecule has 0 spiro atoms. The molecular weight excluding hydrogens is 252 g/mol. The SMILES string of the molecule is CCC(C)(C)NC(=O)COc1ccc(Cl)cc1N. The fourth-order valence-electron chi connectivity index (χ4n) is 1.30. The van der Waals surface area contributed by atoms with Gasteiger partial charge >= 0.3 is 0 Å². The number of halogens is 1. The Balaban J connectivity index is 2.53. The van der Waals surface area contributed by atoms with Gasteiger partial charge in [-0.15, -0.1) is 0 Å². The first-order chi connectivity index (χ1) is 8.34. The third kappa shape index (κ3) is 4.45. The normalized spacial score (nSPS) is 11.1. The monoisotopic (exact) mass is 270 g/mol. The number of benzene rings is 1. The Morgan fingerprint density at radius 1 is 1.50 bits per heavy atom. The lowest BCUT2D eigenvalue weighted by Gasteiger charge is -2.24. The number of nitrogens with two attached hydrogens (primary N) is 1. The van der Waals surface area contributed by atoms with Gasteiger partial charge in [-0.05, 0) is 38.5 Å². The van der Waals surface area contributed by atoms with Crippen molar-refractivity contribution in [2.75, 3.05) is 12.3 Å². The molecule has 3 N–H and O–H groups in total. The molecule has 0 heterocycles. The minimum absolute atomic E-state index is 0.0603. The molecule has 0 radical (unpaired) electrons. The van der Waals surface area contributed by atoms with Crippen LogP contribution in [0.15, 0.2) is 18.2 Å². The number of nitrogens with one attached hydrogen (secondary N) is 1. The van der Waals surface area contributed by atoms with Gasteiger partial charge in [-0.25, -0.2) is 0 Å². The van der Waals surface area contributed by atoms with Crippen LogP contribution in [0.1, 0.15) is 27.2 Å². The Morgan fingerprint density at radius 3 is 2.72 bits per heavy atom. The van der Waals surface area contributed by atoms with Crippen LogP contribution < -0.4 is 15.8 Å². The van der Waals surface area contributed by atoms with Crippen molar-refractivity contribution in [3.63, 3.8) is 0 Å². The number of carbonyl (C=O) groups is 1. The van der Waals surface area contributed by atoms with Crippen LogP contribution in [0.25, 0.3) is 0 Å². The molecule has 0 unspecified atom stereocenters. The minimum Gasteiger partial charge on any atom is -0.482 e. The van der Waals surface area contributed by atoms with Crippen LogP contribution >= 0.6 is 11.6 Å². The molecule has 0 fully saturated rings. The van der Waals surface area contributed by atoms with Crippen LogP contribution in [0.3, 0.4) is 0 Å². The van der Waals surface area contributed by atoms with E-state index < -0.39 is 0 Å². The molecule has 1 aromatic carbocycles. The van der Waals surface area contributed by atoms with E-state index >= 15 is 0 Å². The summed E-state index contributed by atoms with van der Waals surface area (Å²) in [6.45, 7) is 5.87. The molecule has 1 aromatic rings. The average molecular weight is 271 g/mol. The summed E-state index contributed by atoms with van der Waals surface area (Å²) in [6, 6.07) is 4.90. The highest BCUT2D eigenvalue weighted by molar-refractivity contribution is 6.30. The molecule has 1 rings (SSSR count). The number of carbonyl (C=O) groups excluding carboxylic acids is 1. The Morgan fingerprint density at radius 2 is 2.17 bits per heavy atom. The third-order valence-electron chi connectivity index (χ3n) is 2.69. The molecule has 1 amide bonds.